The highest BCUT2D eigenvalue weighted by Crippen LogP contribution is 2.61. The maximum atomic E-state index is 10.1. The van der Waals surface area contributed by atoms with E-state index in [1.807, 2.05) is 0 Å². The van der Waals surface area contributed by atoms with Gasteiger partial charge in [0.15, 0.2) is 0 Å². The van der Waals surface area contributed by atoms with Crippen LogP contribution in [0, 0.1) is 22.2 Å². The van der Waals surface area contributed by atoms with Crippen LogP contribution in [-0.2, 0) is 0 Å². The van der Waals surface area contributed by atoms with E-state index < -0.39 is 0 Å². The number of piperidine rings is 1. The fourth-order valence-electron chi connectivity index (χ4n) is 2.18. The first kappa shape index (κ1) is 6.13. The monoisotopic (exact) mass is 140 g/mol. The molecule has 0 N–H and O–H groups in total. The molecule has 10 heavy (non-hydrogen) atoms. The van der Waals surface area contributed by atoms with Crippen LogP contribution in [0.5, 0.6) is 0 Å². The van der Waals surface area contributed by atoms with Crippen LogP contribution in [0.1, 0.15) is 13.8 Å². The molecule has 0 spiro atoms. The van der Waals surface area contributed by atoms with Crippen LogP contribution in [-0.4, -0.2) is 18.1 Å². The van der Waals surface area contributed by atoms with Crippen molar-refractivity contribution in [2.45, 2.75) is 13.8 Å². The average Bonchev–Trinajstić information content (AvgIpc) is 2.37. The molecule has 2 aliphatic rings. The van der Waals surface area contributed by atoms with Crippen molar-refractivity contribution >= 4 is 0 Å². The molecule has 3 heteroatoms. The van der Waals surface area contributed by atoms with Gasteiger partial charge < -0.3 is 0 Å². The molecule has 0 radical (unpaired) electrons. The minimum Gasteiger partial charge on any atom is -0.260 e. The van der Waals surface area contributed by atoms with E-state index in [9.17, 15) is 4.91 Å². The first-order chi connectivity index (χ1) is 4.66. The number of hydrogen-bond acceptors (Lipinski definition) is 2. The lowest BCUT2D eigenvalue weighted by atomic mass is 10.1. The van der Waals surface area contributed by atoms with E-state index in [0.717, 1.165) is 24.9 Å². The van der Waals surface area contributed by atoms with Gasteiger partial charge in [-0.05, 0) is 17.3 Å². The molecule has 1 aliphatic heterocycles. The zero-order valence-electron chi connectivity index (χ0n) is 6.37. The summed E-state index contributed by atoms with van der Waals surface area (Å²) in [6, 6.07) is 0. The van der Waals surface area contributed by atoms with E-state index in [0.29, 0.717) is 5.41 Å². The highest BCUT2D eigenvalue weighted by molar-refractivity contribution is 5.10. The van der Waals surface area contributed by atoms with E-state index in [4.69, 9.17) is 0 Å². The van der Waals surface area contributed by atoms with Gasteiger partial charge in [-0.3, -0.25) is 5.01 Å². The molecule has 1 aliphatic carbocycles. The van der Waals surface area contributed by atoms with Gasteiger partial charge in [-0.15, -0.1) is 4.91 Å². The Morgan fingerprint density at radius 3 is 2.30 bits per heavy atom. The number of rotatable bonds is 1. The predicted molar refractivity (Wildman–Crippen MR) is 38.1 cm³/mol. The summed E-state index contributed by atoms with van der Waals surface area (Å²) in [4.78, 5) is 10.1. The predicted octanol–water partition coefficient (Wildman–Crippen LogP) is 1.26. The molecule has 56 valence electrons. The van der Waals surface area contributed by atoms with E-state index >= 15 is 0 Å². The van der Waals surface area contributed by atoms with Gasteiger partial charge in [0.25, 0.3) is 0 Å². The minimum absolute atomic E-state index is 0.501. The standard InChI is InChI=1S/C7H12N2O/c1-7(2)5-3-9(8-10)4-6(5)7/h5-6H,3-4H2,1-2H3. The first-order valence-corrected chi connectivity index (χ1v) is 3.74. The van der Waals surface area contributed by atoms with E-state index in [1.165, 1.54) is 0 Å². The highest BCUT2D eigenvalue weighted by atomic mass is 16.3. The molecular weight excluding hydrogens is 128 g/mol. The van der Waals surface area contributed by atoms with Crippen LogP contribution in [0.2, 0.25) is 0 Å². The molecule has 1 saturated heterocycles. The Bertz CT molecular complexity index is 164. The fraction of sp³-hybridized carbons (Fsp3) is 1.00. The largest absolute Gasteiger partial charge is 0.260 e. The summed E-state index contributed by atoms with van der Waals surface area (Å²) in [6.45, 7) is 6.32. The van der Waals surface area contributed by atoms with Crippen LogP contribution in [0.3, 0.4) is 0 Å². The van der Waals surface area contributed by atoms with Crippen molar-refractivity contribution in [3.63, 3.8) is 0 Å². The number of nitroso groups, excluding NO2 is 1. The summed E-state index contributed by atoms with van der Waals surface area (Å²) >= 11 is 0. The Balaban J connectivity index is 2.01. The van der Waals surface area contributed by atoms with Gasteiger partial charge in [0.05, 0.1) is 5.29 Å². The molecule has 3 nitrogen and oxygen atoms in total. The van der Waals surface area contributed by atoms with Crippen molar-refractivity contribution in [2.24, 2.45) is 22.5 Å². The maximum absolute atomic E-state index is 10.1. The smallest absolute Gasteiger partial charge is 0.0524 e. The topological polar surface area (TPSA) is 32.7 Å². The second kappa shape index (κ2) is 1.52. The summed E-state index contributed by atoms with van der Waals surface area (Å²) in [5.41, 5.74) is 0.501. The van der Waals surface area contributed by atoms with Crippen LogP contribution in [0.25, 0.3) is 0 Å². The molecule has 0 bridgehead atoms. The molecule has 2 rings (SSSR count). The summed E-state index contributed by atoms with van der Waals surface area (Å²) in [7, 11) is 0. The minimum atomic E-state index is 0.501. The lowest BCUT2D eigenvalue weighted by molar-refractivity contribution is 0.266. The molecule has 1 saturated carbocycles. The third kappa shape index (κ3) is 0.554. The lowest BCUT2D eigenvalue weighted by Gasteiger charge is -2.14. The molecule has 0 aromatic rings. The molecule has 2 fully saturated rings. The highest BCUT2D eigenvalue weighted by Gasteiger charge is 2.62. The molecule has 2 atom stereocenters. The Morgan fingerprint density at radius 2 is 1.90 bits per heavy atom. The van der Waals surface area contributed by atoms with Crippen molar-refractivity contribution in [1.82, 2.24) is 5.01 Å². The van der Waals surface area contributed by atoms with Gasteiger partial charge in [-0.25, -0.2) is 0 Å². The number of nitrogens with zero attached hydrogens (tertiary/aromatic N) is 2. The van der Waals surface area contributed by atoms with Crippen molar-refractivity contribution in [3.05, 3.63) is 4.91 Å². The zero-order valence-corrected chi connectivity index (χ0v) is 6.37. The molecule has 1 heterocycles. The van der Waals surface area contributed by atoms with E-state index in [1.54, 1.807) is 5.01 Å². The Kier molecular flexibility index (Phi) is 0.932. The van der Waals surface area contributed by atoms with Gasteiger partial charge in [0.1, 0.15) is 0 Å². The quantitative estimate of drug-likeness (QED) is 0.513. The SMILES string of the molecule is CC1(C)C2CN(N=O)CC21. The molecule has 0 amide bonds. The van der Waals surface area contributed by atoms with Crippen molar-refractivity contribution in [3.8, 4) is 0 Å². The first-order valence-electron chi connectivity index (χ1n) is 3.74. The number of fused-ring (bicyclic) bond motifs is 1. The van der Waals surface area contributed by atoms with Gasteiger partial charge in [-0.2, -0.15) is 0 Å². The van der Waals surface area contributed by atoms with Gasteiger partial charge in [0.2, 0.25) is 0 Å². The lowest BCUT2D eigenvalue weighted by Crippen LogP contribution is -2.20. The average molecular weight is 140 g/mol. The molecule has 0 aromatic heterocycles. The fourth-order valence-corrected chi connectivity index (χ4v) is 2.18. The van der Waals surface area contributed by atoms with Gasteiger partial charge in [0, 0.05) is 13.1 Å². The van der Waals surface area contributed by atoms with E-state index in [2.05, 4.69) is 19.1 Å². The Morgan fingerprint density at radius 1 is 1.40 bits per heavy atom. The number of hydrogen-bond donors (Lipinski definition) is 0. The van der Waals surface area contributed by atoms with Crippen LogP contribution in [0.15, 0.2) is 5.29 Å². The van der Waals surface area contributed by atoms with Crippen LogP contribution >= 0.6 is 0 Å². The summed E-state index contributed by atoms with van der Waals surface area (Å²) in [6.07, 6.45) is 0. The van der Waals surface area contributed by atoms with Crippen molar-refractivity contribution in [1.29, 1.82) is 0 Å². The maximum Gasteiger partial charge on any atom is 0.0524 e. The summed E-state index contributed by atoms with van der Waals surface area (Å²) in [5.74, 6) is 1.48. The second-order valence-electron chi connectivity index (χ2n) is 3.99. The van der Waals surface area contributed by atoms with Crippen LogP contribution in [0.4, 0.5) is 0 Å². The molecule has 0 aromatic carbocycles. The third-order valence-corrected chi connectivity index (χ3v) is 3.22. The van der Waals surface area contributed by atoms with E-state index in [-0.39, 0.29) is 0 Å². The zero-order chi connectivity index (χ0) is 7.35. The normalized spacial score (nSPS) is 41.2. The second-order valence-corrected chi connectivity index (χ2v) is 3.99. The summed E-state index contributed by atoms with van der Waals surface area (Å²) in [5, 5.41) is 4.56. The van der Waals surface area contributed by atoms with Crippen molar-refractivity contribution < 1.29 is 0 Å². The molecular formula is C7H12N2O. The van der Waals surface area contributed by atoms with Crippen LogP contribution < -0.4 is 0 Å². The molecule has 2 unspecified atom stereocenters. The van der Waals surface area contributed by atoms with Crippen molar-refractivity contribution in [2.75, 3.05) is 13.1 Å². The van der Waals surface area contributed by atoms with Gasteiger partial charge >= 0.3 is 0 Å². The third-order valence-electron chi connectivity index (χ3n) is 3.22. The Hall–Kier alpha value is -0.600. The van der Waals surface area contributed by atoms with Gasteiger partial charge in [-0.1, -0.05) is 13.8 Å². The Labute approximate surface area is 60.3 Å². The summed E-state index contributed by atoms with van der Waals surface area (Å²) < 4.78 is 0.